The molecule has 4 nitrogen and oxygen atoms in total. The molecule has 0 aliphatic carbocycles. The van der Waals surface area contributed by atoms with Crippen LogP contribution in [0.3, 0.4) is 0 Å². The van der Waals surface area contributed by atoms with Crippen molar-refractivity contribution in [2.45, 2.75) is 19.1 Å². The molecule has 0 spiro atoms. The molecule has 1 saturated heterocycles. The van der Waals surface area contributed by atoms with Crippen LogP contribution in [0, 0.1) is 3.57 Å². The summed E-state index contributed by atoms with van der Waals surface area (Å²) in [5, 5.41) is 0. The van der Waals surface area contributed by atoms with Crippen LogP contribution in [0.1, 0.15) is 5.82 Å². The van der Waals surface area contributed by atoms with Gasteiger partial charge in [0.2, 0.25) is 0 Å². The van der Waals surface area contributed by atoms with E-state index >= 15 is 0 Å². The van der Waals surface area contributed by atoms with Crippen LogP contribution in [0.25, 0.3) is 11.0 Å². The third-order valence-electron chi connectivity index (χ3n) is 3.38. The smallest absolute Gasteiger partial charge is 0.111 e. The molecule has 6 heteroatoms. The van der Waals surface area contributed by atoms with Crippen molar-refractivity contribution in [2.24, 2.45) is 0 Å². The van der Waals surface area contributed by atoms with Gasteiger partial charge in [-0.3, -0.25) is 0 Å². The molecular formula is C14H16ClIN2O2. The Morgan fingerprint density at radius 2 is 2.30 bits per heavy atom. The lowest BCUT2D eigenvalue weighted by atomic mass is 10.3. The van der Waals surface area contributed by atoms with Crippen molar-refractivity contribution in [3.05, 3.63) is 27.6 Å². The van der Waals surface area contributed by atoms with Gasteiger partial charge in [0.25, 0.3) is 0 Å². The van der Waals surface area contributed by atoms with Gasteiger partial charge >= 0.3 is 0 Å². The lowest BCUT2D eigenvalue weighted by molar-refractivity contribution is -0.0934. The first-order valence-corrected chi connectivity index (χ1v) is 8.29. The molecule has 1 aromatic heterocycles. The van der Waals surface area contributed by atoms with Crippen LogP contribution < -0.4 is 0 Å². The van der Waals surface area contributed by atoms with E-state index in [9.17, 15) is 0 Å². The van der Waals surface area contributed by atoms with E-state index in [1.165, 1.54) is 3.57 Å². The topological polar surface area (TPSA) is 36.3 Å². The molecule has 0 bridgehead atoms. The van der Waals surface area contributed by atoms with Crippen molar-refractivity contribution < 1.29 is 9.47 Å². The van der Waals surface area contributed by atoms with Gasteiger partial charge in [-0.25, -0.2) is 4.98 Å². The van der Waals surface area contributed by atoms with E-state index < -0.39 is 0 Å². The van der Waals surface area contributed by atoms with E-state index in [0.717, 1.165) is 29.8 Å². The summed E-state index contributed by atoms with van der Waals surface area (Å²) < 4.78 is 14.6. The molecule has 1 atom stereocenters. The maximum absolute atomic E-state index is 5.90. The van der Waals surface area contributed by atoms with Gasteiger partial charge in [0, 0.05) is 15.9 Å². The third kappa shape index (κ3) is 3.10. The number of aryl methyl sites for hydroxylation is 1. The van der Waals surface area contributed by atoms with Gasteiger partial charge in [-0.05, 0) is 40.8 Å². The van der Waals surface area contributed by atoms with Crippen molar-refractivity contribution in [1.29, 1.82) is 0 Å². The number of hydrogen-bond donors (Lipinski definition) is 0. The minimum Gasteiger partial charge on any atom is -0.376 e. The van der Waals surface area contributed by atoms with Crippen LogP contribution in [0.4, 0.5) is 0 Å². The van der Waals surface area contributed by atoms with E-state index in [-0.39, 0.29) is 6.10 Å². The zero-order valence-corrected chi connectivity index (χ0v) is 13.9. The quantitative estimate of drug-likeness (QED) is 0.579. The van der Waals surface area contributed by atoms with Crippen LogP contribution in [0.2, 0.25) is 0 Å². The van der Waals surface area contributed by atoms with E-state index in [1.807, 2.05) is 0 Å². The minimum absolute atomic E-state index is 0.0921. The van der Waals surface area contributed by atoms with Gasteiger partial charge in [-0.1, -0.05) is 0 Å². The summed E-state index contributed by atoms with van der Waals surface area (Å²) in [6.45, 7) is 2.77. The molecule has 2 aromatic rings. The van der Waals surface area contributed by atoms with Crippen molar-refractivity contribution >= 4 is 45.2 Å². The number of aromatic nitrogens is 2. The van der Waals surface area contributed by atoms with Gasteiger partial charge in [0.1, 0.15) is 5.82 Å². The zero-order chi connectivity index (χ0) is 13.9. The summed E-state index contributed by atoms with van der Waals surface area (Å²) >= 11 is 8.20. The fraction of sp³-hybridized carbons (Fsp3) is 0.500. The van der Waals surface area contributed by atoms with E-state index in [0.29, 0.717) is 25.7 Å². The Morgan fingerprint density at radius 3 is 3.05 bits per heavy atom. The highest BCUT2D eigenvalue weighted by atomic mass is 127. The molecule has 1 fully saturated rings. The first kappa shape index (κ1) is 14.6. The zero-order valence-electron chi connectivity index (χ0n) is 11.0. The molecule has 108 valence electrons. The fourth-order valence-electron chi connectivity index (χ4n) is 2.48. The summed E-state index contributed by atoms with van der Waals surface area (Å²) in [6, 6.07) is 6.32. The van der Waals surface area contributed by atoms with Gasteiger partial charge in [0.05, 0.1) is 43.5 Å². The molecule has 0 saturated carbocycles. The Kier molecular flexibility index (Phi) is 4.80. The largest absolute Gasteiger partial charge is 0.376 e. The number of benzene rings is 1. The average Bonchev–Trinajstić information content (AvgIpc) is 2.77. The molecule has 1 unspecified atom stereocenters. The molecule has 1 aliphatic rings. The molecule has 0 radical (unpaired) electrons. The molecule has 0 amide bonds. The Labute approximate surface area is 136 Å². The number of fused-ring (bicyclic) bond motifs is 1. The fourth-order valence-corrected chi connectivity index (χ4v) is 3.12. The second-order valence-corrected chi connectivity index (χ2v) is 6.40. The number of imidazole rings is 1. The number of halogens is 2. The number of nitrogens with zero attached hydrogens (tertiary/aromatic N) is 2. The number of rotatable bonds is 4. The maximum atomic E-state index is 5.90. The minimum atomic E-state index is 0.0921. The normalized spacial score (nSPS) is 19.6. The molecule has 2 heterocycles. The summed E-state index contributed by atoms with van der Waals surface area (Å²) in [4.78, 5) is 4.71. The summed E-state index contributed by atoms with van der Waals surface area (Å²) in [7, 11) is 0. The predicted molar refractivity (Wildman–Crippen MR) is 87.4 cm³/mol. The van der Waals surface area contributed by atoms with Crippen LogP contribution in [-0.2, 0) is 22.4 Å². The number of hydrogen-bond acceptors (Lipinski definition) is 3. The molecule has 3 rings (SSSR count). The Morgan fingerprint density at radius 1 is 1.40 bits per heavy atom. The Hall–Kier alpha value is -0.370. The van der Waals surface area contributed by atoms with Crippen LogP contribution >= 0.6 is 34.2 Å². The second kappa shape index (κ2) is 6.60. The van der Waals surface area contributed by atoms with E-state index in [1.54, 1.807) is 0 Å². The Bertz CT molecular complexity index is 596. The predicted octanol–water partition coefficient (Wildman–Crippen LogP) is 2.84. The van der Waals surface area contributed by atoms with Crippen molar-refractivity contribution in [2.75, 3.05) is 25.7 Å². The molecule has 1 aliphatic heterocycles. The highest BCUT2D eigenvalue weighted by molar-refractivity contribution is 14.1. The second-order valence-electron chi connectivity index (χ2n) is 4.78. The van der Waals surface area contributed by atoms with Crippen molar-refractivity contribution in [3.8, 4) is 0 Å². The summed E-state index contributed by atoms with van der Waals surface area (Å²) in [6.07, 6.45) is 0.856. The van der Waals surface area contributed by atoms with Crippen molar-refractivity contribution in [1.82, 2.24) is 9.55 Å². The van der Waals surface area contributed by atoms with Gasteiger partial charge in [-0.2, -0.15) is 0 Å². The lowest BCUT2D eigenvalue weighted by Gasteiger charge is -2.24. The van der Waals surface area contributed by atoms with E-state index in [4.69, 9.17) is 26.1 Å². The van der Waals surface area contributed by atoms with Crippen LogP contribution in [-0.4, -0.2) is 41.4 Å². The van der Waals surface area contributed by atoms with Crippen LogP contribution in [0.5, 0.6) is 0 Å². The number of ether oxygens (including phenoxy) is 2. The molecular weight excluding hydrogens is 391 g/mol. The van der Waals surface area contributed by atoms with Crippen molar-refractivity contribution in [3.63, 3.8) is 0 Å². The molecule has 1 aromatic carbocycles. The Balaban J connectivity index is 1.95. The first-order valence-electron chi connectivity index (χ1n) is 6.68. The SMILES string of the molecule is ClCCc1nc2cc(I)ccc2n1CC1COCCO1. The number of alkyl halides is 1. The lowest BCUT2D eigenvalue weighted by Crippen LogP contribution is -2.32. The molecule has 0 N–H and O–H groups in total. The molecule has 20 heavy (non-hydrogen) atoms. The maximum Gasteiger partial charge on any atom is 0.111 e. The first-order chi connectivity index (χ1) is 9.78. The van der Waals surface area contributed by atoms with Gasteiger partial charge in [0.15, 0.2) is 0 Å². The summed E-state index contributed by atoms with van der Waals surface area (Å²) in [5.41, 5.74) is 2.16. The average molecular weight is 407 g/mol. The van der Waals surface area contributed by atoms with Gasteiger partial charge in [-0.15, -0.1) is 11.6 Å². The third-order valence-corrected chi connectivity index (χ3v) is 4.24. The summed E-state index contributed by atoms with van der Waals surface area (Å²) in [5.74, 6) is 1.59. The monoisotopic (exact) mass is 406 g/mol. The highest BCUT2D eigenvalue weighted by Gasteiger charge is 2.19. The highest BCUT2D eigenvalue weighted by Crippen LogP contribution is 2.21. The standard InChI is InChI=1S/C14H16ClIN2O2/c15-4-3-14-17-12-7-10(16)1-2-13(12)18(14)8-11-9-19-5-6-20-11/h1-2,7,11H,3-6,8-9H2. The van der Waals surface area contributed by atoms with Crippen LogP contribution in [0.15, 0.2) is 18.2 Å². The van der Waals surface area contributed by atoms with E-state index in [2.05, 4.69) is 45.4 Å². The van der Waals surface area contributed by atoms with Gasteiger partial charge < -0.3 is 14.0 Å².